The number of hydrogen-bond donors (Lipinski definition) is 2. The highest BCUT2D eigenvalue weighted by Gasteiger charge is 2.14. The summed E-state index contributed by atoms with van der Waals surface area (Å²) in [6, 6.07) is 14.8. The number of hydrazine groups is 1. The number of carbonyl (C=O) groups excluding carboxylic acids is 1. The van der Waals surface area contributed by atoms with Crippen LogP contribution in [0.15, 0.2) is 53.3 Å². The van der Waals surface area contributed by atoms with Gasteiger partial charge in [-0.3, -0.25) is 25.0 Å². The number of rotatable bonds is 6. The van der Waals surface area contributed by atoms with Crippen LogP contribution in [0.3, 0.4) is 0 Å². The molecule has 0 saturated carbocycles. The lowest BCUT2D eigenvalue weighted by molar-refractivity contribution is -0.122. The van der Waals surface area contributed by atoms with Crippen molar-refractivity contribution in [3.8, 4) is 5.75 Å². The molecular formula is C22H26N4O3. The summed E-state index contributed by atoms with van der Waals surface area (Å²) in [4.78, 5) is 29.2. The normalized spacial score (nSPS) is 11.3. The maximum Gasteiger partial charge on any atom is 0.276 e. The van der Waals surface area contributed by atoms with E-state index in [1.165, 1.54) is 10.1 Å². The smallest absolute Gasteiger partial charge is 0.276 e. The average Bonchev–Trinajstić information content (AvgIpc) is 2.70. The number of fused-ring (bicyclic) bond motifs is 1. The van der Waals surface area contributed by atoms with Gasteiger partial charge in [-0.2, -0.15) is 0 Å². The minimum Gasteiger partial charge on any atom is -0.484 e. The number of nitrogens with zero attached hydrogens (tertiary/aromatic N) is 2. The Kier molecular flexibility index (Phi) is 5.87. The van der Waals surface area contributed by atoms with Crippen LogP contribution in [-0.2, 0) is 16.8 Å². The molecule has 2 N–H and O–H groups in total. The van der Waals surface area contributed by atoms with Gasteiger partial charge >= 0.3 is 0 Å². The van der Waals surface area contributed by atoms with Crippen LogP contribution in [0.1, 0.15) is 33.3 Å². The fraction of sp³-hybridized carbons (Fsp3) is 0.318. The average molecular weight is 394 g/mol. The zero-order chi connectivity index (χ0) is 21.0. The number of benzene rings is 2. The molecule has 152 valence electrons. The topological polar surface area (TPSA) is 85.2 Å². The van der Waals surface area contributed by atoms with Crippen molar-refractivity contribution < 1.29 is 9.53 Å². The fourth-order valence-electron chi connectivity index (χ4n) is 2.92. The van der Waals surface area contributed by atoms with Gasteiger partial charge in [-0.05, 0) is 42.2 Å². The van der Waals surface area contributed by atoms with Crippen molar-refractivity contribution in [1.29, 1.82) is 0 Å². The maximum absolute atomic E-state index is 12.6. The van der Waals surface area contributed by atoms with Crippen molar-refractivity contribution in [3.63, 3.8) is 0 Å². The van der Waals surface area contributed by atoms with Gasteiger partial charge in [-0.25, -0.2) is 4.98 Å². The summed E-state index contributed by atoms with van der Waals surface area (Å²) in [5.41, 5.74) is 6.92. The maximum atomic E-state index is 12.6. The number of para-hydroxylation sites is 1. The van der Waals surface area contributed by atoms with E-state index in [2.05, 4.69) is 36.6 Å². The Balaban J connectivity index is 1.63. The second kappa shape index (κ2) is 8.34. The minimum absolute atomic E-state index is 0.0573. The Labute approximate surface area is 169 Å². The Morgan fingerprint density at radius 2 is 1.79 bits per heavy atom. The first-order valence-electron chi connectivity index (χ1n) is 9.57. The number of anilines is 1. The second-order valence-corrected chi connectivity index (χ2v) is 7.74. The number of nitrogens with one attached hydrogen (secondary N) is 2. The summed E-state index contributed by atoms with van der Waals surface area (Å²) in [6.07, 6.45) is 0. The standard InChI is InChI=1S/C22H26N4O3/c1-5-26-20(28)17-8-6-7-9-18(17)23-21(26)25-24-19(27)14-29-16-12-10-15(11-13-16)22(2,3)4/h6-13H,5,14H2,1-4H3,(H,23,25)(H,24,27). The Morgan fingerprint density at radius 1 is 1.10 bits per heavy atom. The van der Waals surface area contributed by atoms with Crippen LogP contribution in [0.2, 0.25) is 0 Å². The summed E-state index contributed by atoms with van der Waals surface area (Å²) in [7, 11) is 0. The minimum atomic E-state index is -0.380. The van der Waals surface area contributed by atoms with Gasteiger partial charge in [0.1, 0.15) is 5.75 Å². The molecule has 29 heavy (non-hydrogen) atoms. The van der Waals surface area contributed by atoms with E-state index in [1.807, 2.05) is 37.3 Å². The van der Waals surface area contributed by atoms with Gasteiger partial charge in [0, 0.05) is 6.54 Å². The van der Waals surface area contributed by atoms with Crippen molar-refractivity contribution in [1.82, 2.24) is 15.0 Å². The lowest BCUT2D eigenvalue weighted by Crippen LogP contribution is -2.37. The van der Waals surface area contributed by atoms with Crippen LogP contribution in [0.5, 0.6) is 5.75 Å². The van der Waals surface area contributed by atoms with Gasteiger partial charge in [0.15, 0.2) is 6.61 Å². The number of ether oxygens (including phenoxy) is 1. The van der Waals surface area contributed by atoms with Crippen LogP contribution in [0, 0.1) is 0 Å². The van der Waals surface area contributed by atoms with Crippen molar-refractivity contribution in [2.45, 2.75) is 39.7 Å². The van der Waals surface area contributed by atoms with Gasteiger partial charge in [0.05, 0.1) is 10.9 Å². The number of aromatic nitrogens is 2. The third-order valence-corrected chi connectivity index (χ3v) is 4.58. The molecule has 0 spiro atoms. The lowest BCUT2D eigenvalue weighted by Gasteiger charge is -2.19. The molecule has 0 unspecified atom stereocenters. The monoisotopic (exact) mass is 394 g/mol. The largest absolute Gasteiger partial charge is 0.484 e. The van der Waals surface area contributed by atoms with Crippen molar-refractivity contribution >= 4 is 22.8 Å². The third kappa shape index (κ3) is 4.74. The quantitative estimate of drug-likeness (QED) is 0.627. The third-order valence-electron chi connectivity index (χ3n) is 4.58. The van der Waals surface area contributed by atoms with Crippen LogP contribution in [0.4, 0.5) is 5.95 Å². The molecule has 7 heteroatoms. The number of carbonyl (C=O) groups is 1. The van der Waals surface area contributed by atoms with E-state index in [4.69, 9.17) is 4.74 Å². The molecule has 0 saturated heterocycles. The fourth-order valence-corrected chi connectivity index (χ4v) is 2.92. The summed E-state index contributed by atoms with van der Waals surface area (Å²) in [5.74, 6) is 0.511. The lowest BCUT2D eigenvalue weighted by atomic mass is 9.87. The molecular weight excluding hydrogens is 368 g/mol. The Morgan fingerprint density at radius 3 is 2.45 bits per heavy atom. The summed E-state index contributed by atoms with van der Waals surface area (Å²) in [5, 5.41) is 0.535. The molecule has 0 atom stereocenters. The van der Waals surface area contributed by atoms with E-state index in [0.717, 1.165) is 0 Å². The van der Waals surface area contributed by atoms with Gasteiger partial charge in [-0.15, -0.1) is 0 Å². The Hall–Kier alpha value is -3.35. The van der Waals surface area contributed by atoms with E-state index < -0.39 is 0 Å². The van der Waals surface area contributed by atoms with Crippen molar-refractivity contribution in [3.05, 3.63) is 64.4 Å². The van der Waals surface area contributed by atoms with Crippen LogP contribution in [-0.4, -0.2) is 22.1 Å². The van der Waals surface area contributed by atoms with Crippen molar-refractivity contribution in [2.75, 3.05) is 12.0 Å². The van der Waals surface area contributed by atoms with E-state index >= 15 is 0 Å². The molecule has 3 aromatic rings. The van der Waals surface area contributed by atoms with Gasteiger partial charge in [0.2, 0.25) is 5.95 Å². The zero-order valence-corrected chi connectivity index (χ0v) is 17.2. The van der Waals surface area contributed by atoms with Crippen LogP contribution >= 0.6 is 0 Å². The summed E-state index contributed by atoms with van der Waals surface area (Å²) < 4.78 is 7.00. The molecule has 3 rings (SSSR count). The second-order valence-electron chi connectivity index (χ2n) is 7.74. The first kappa shape index (κ1) is 20.4. The van der Waals surface area contributed by atoms with E-state index in [0.29, 0.717) is 23.2 Å². The molecule has 0 aliphatic rings. The number of amides is 1. The summed E-state index contributed by atoms with van der Waals surface area (Å²) >= 11 is 0. The molecule has 0 aliphatic heterocycles. The molecule has 1 amide bonds. The predicted octanol–water partition coefficient (Wildman–Crippen LogP) is 3.24. The highest BCUT2D eigenvalue weighted by atomic mass is 16.5. The SMILES string of the molecule is CCn1c(NNC(=O)COc2ccc(C(C)(C)C)cc2)nc2ccccc2c1=O. The van der Waals surface area contributed by atoms with Gasteiger partial charge in [-0.1, -0.05) is 45.0 Å². The molecule has 1 heterocycles. The molecule has 0 fully saturated rings. The molecule has 1 aromatic heterocycles. The molecule has 7 nitrogen and oxygen atoms in total. The van der Waals surface area contributed by atoms with E-state index in [-0.39, 0.29) is 29.4 Å². The predicted molar refractivity (Wildman–Crippen MR) is 114 cm³/mol. The first-order chi connectivity index (χ1) is 13.8. The molecule has 0 radical (unpaired) electrons. The molecule has 0 bridgehead atoms. The summed E-state index contributed by atoms with van der Waals surface area (Å²) in [6.45, 7) is 8.52. The highest BCUT2D eigenvalue weighted by Crippen LogP contribution is 2.24. The van der Waals surface area contributed by atoms with E-state index in [1.54, 1.807) is 18.2 Å². The Bertz CT molecular complexity index is 1070. The zero-order valence-electron chi connectivity index (χ0n) is 17.2. The van der Waals surface area contributed by atoms with Crippen LogP contribution < -0.4 is 21.1 Å². The van der Waals surface area contributed by atoms with Crippen molar-refractivity contribution in [2.24, 2.45) is 0 Å². The van der Waals surface area contributed by atoms with Gasteiger partial charge < -0.3 is 4.74 Å². The highest BCUT2D eigenvalue weighted by molar-refractivity contribution is 5.80. The van der Waals surface area contributed by atoms with E-state index in [9.17, 15) is 9.59 Å². The first-order valence-corrected chi connectivity index (χ1v) is 9.57. The molecule has 0 aliphatic carbocycles. The molecule has 2 aromatic carbocycles. The van der Waals surface area contributed by atoms with Gasteiger partial charge in [0.25, 0.3) is 11.5 Å². The number of hydrogen-bond acceptors (Lipinski definition) is 5. The van der Waals surface area contributed by atoms with Crippen LogP contribution in [0.25, 0.3) is 10.9 Å².